The molecule has 0 aromatic carbocycles. The summed E-state index contributed by atoms with van der Waals surface area (Å²) in [5.41, 5.74) is 5.63. The van der Waals surface area contributed by atoms with Crippen LogP contribution in [0.25, 0.3) is 0 Å². The Morgan fingerprint density at radius 1 is 1.47 bits per heavy atom. The summed E-state index contributed by atoms with van der Waals surface area (Å²) in [6.45, 7) is 8.62. The molecule has 0 saturated carbocycles. The summed E-state index contributed by atoms with van der Waals surface area (Å²) in [5.74, 6) is 0.113. The number of oxime groups is 1. The molecule has 1 unspecified atom stereocenters. The highest BCUT2D eigenvalue weighted by atomic mass is 16.4. The summed E-state index contributed by atoms with van der Waals surface area (Å²) >= 11 is 0. The van der Waals surface area contributed by atoms with Crippen molar-refractivity contribution in [2.24, 2.45) is 22.2 Å². The average Bonchev–Trinajstić information content (AvgIpc) is 2.23. The maximum Gasteiger partial charge on any atom is 0.222 e. The summed E-state index contributed by atoms with van der Waals surface area (Å²) in [5, 5.41) is 11.5. The van der Waals surface area contributed by atoms with Gasteiger partial charge in [-0.1, -0.05) is 32.9 Å². The number of carbonyl (C=O) groups is 1. The molecular weight excluding hydrogens is 218 g/mol. The van der Waals surface area contributed by atoms with Gasteiger partial charge in [0.05, 0.1) is 0 Å². The van der Waals surface area contributed by atoms with E-state index in [1.165, 1.54) is 0 Å². The second kappa shape index (κ2) is 6.47. The van der Waals surface area contributed by atoms with Crippen LogP contribution < -0.4 is 5.73 Å². The second-order valence-electron chi connectivity index (χ2n) is 5.76. The Morgan fingerprint density at radius 2 is 2.00 bits per heavy atom. The maximum absolute atomic E-state index is 11.8. The van der Waals surface area contributed by atoms with Crippen LogP contribution in [0.5, 0.6) is 0 Å². The Kier molecular flexibility index (Phi) is 5.99. The molecule has 0 radical (unpaired) electrons. The van der Waals surface area contributed by atoms with E-state index in [0.29, 0.717) is 13.0 Å². The SMILES string of the molecule is CC(CN(C)C(=O)CCC(C)(C)C)C(N)=NO. The second-order valence-corrected chi connectivity index (χ2v) is 5.76. The van der Waals surface area contributed by atoms with Crippen molar-refractivity contribution in [2.45, 2.75) is 40.5 Å². The van der Waals surface area contributed by atoms with E-state index in [2.05, 4.69) is 25.9 Å². The van der Waals surface area contributed by atoms with Gasteiger partial charge in [0.2, 0.25) is 5.91 Å². The van der Waals surface area contributed by atoms with Gasteiger partial charge in [0.1, 0.15) is 5.84 Å². The fourth-order valence-electron chi connectivity index (χ4n) is 1.38. The normalized spacial score (nSPS) is 14.5. The van der Waals surface area contributed by atoms with Crippen LogP contribution >= 0.6 is 0 Å². The summed E-state index contributed by atoms with van der Waals surface area (Å²) in [6, 6.07) is 0. The zero-order valence-corrected chi connectivity index (χ0v) is 11.5. The van der Waals surface area contributed by atoms with Gasteiger partial charge >= 0.3 is 0 Å². The minimum absolute atomic E-state index is 0.0949. The standard InChI is InChI=1S/C12H25N3O2/c1-9(11(13)14-17)8-15(5)10(16)6-7-12(2,3)4/h9,17H,6-8H2,1-5H3,(H2,13,14). The molecule has 17 heavy (non-hydrogen) atoms. The molecule has 5 heteroatoms. The lowest BCUT2D eigenvalue weighted by Crippen LogP contribution is -2.36. The molecule has 0 aliphatic carbocycles. The number of nitrogens with zero attached hydrogens (tertiary/aromatic N) is 2. The average molecular weight is 243 g/mol. The Labute approximate surface area is 104 Å². The van der Waals surface area contributed by atoms with Gasteiger partial charge in [-0.2, -0.15) is 0 Å². The molecule has 0 aromatic rings. The maximum atomic E-state index is 11.8. The summed E-state index contributed by atoms with van der Waals surface area (Å²) in [6.07, 6.45) is 1.39. The number of amides is 1. The molecule has 0 fully saturated rings. The molecule has 0 aliphatic rings. The monoisotopic (exact) mass is 243 g/mol. The van der Waals surface area contributed by atoms with E-state index in [1.807, 2.05) is 6.92 Å². The van der Waals surface area contributed by atoms with E-state index in [0.717, 1.165) is 6.42 Å². The predicted molar refractivity (Wildman–Crippen MR) is 68.9 cm³/mol. The van der Waals surface area contributed by atoms with Gasteiger partial charge in [-0.3, -0.25) is 4.79 Å². The molecule has 0 saturated heterocycles. The van der Waals surface area contributed by atoms with Crippen LogP contribution in [0.15, 0.2) is 5.16 Å². The van der Waals surface area contributed by atoms with Crippen molar-refractivity contribution in [3.8, 4) is 0 Å². The predicted octanol–water partition coefficient (Wildman–Crippen LogP) is 1.65. The first-order chi connectivity index (χ1) is 7.67. The van der Waals surface area contributed by atoms with E-state index >= 15 is 0 Å². The number of hydrogen-bond donors (Lipinski definition) is 2. The molecule has 5 nitrogen and oxygen atoms in total. The third-order valence-electron chi connectivity index (χ3n) is 2.68. The zero-order valence-electron chi connectivity index (χ0n) is 11.5. The summed E-state index contributed by atoms with van der Waals surface area (Å²) in [7, 11) is 1.74. The highest BCUT2D eigenvalue weighted by Crippen LogP contribution is 2.21. The first-order valence-corrected chi connectivity index (χ1v) is 5.88. The zero-order chi connectivity index (χ0) is 13.6. The Balaban J connectivity index is 4.15. The van der Waals surface area contributed by atoms with Gasteiger partial charge in [0.25, 0.3) is 0 Å². The van der Waals surface area contributed by atoms with Crippen LogP contribution in [0.2, 0.25) is 0 Å². The van der Waals surface area contributed by atoms with Gasteiger partial charge in [-0.05, 0) is 11.8 Å². The fourth-order valence-corrected chi connectivity index (χ4v) is 1.38. The van der Waals surface area contributed by atoms with Crippen molar-refractivity contribution in [3.63, 3.8) is 0 Å². The van der Waals surface area contributed by atoms with Crippen molar-refractivity contribution >= 4 is 11.7 Å². The molecule has 100 valence electrons. The van der Waals surface area contributed by atoms with E-state index < -0.39 is 0 Å². The number of nitrogens with two attached hydrogens (primary N) is 1. The van der Waals surface area contributed by atoms with Gasteiger partial charge in [0, 0.05) is 25.9 Å². The van der Waals surface area contributed by atoms with Crippen molar-refractivity contribution in [1.29, 1.82) is 0 Å². The number of amidine groups is 1. The van der Waals surface area contributed by atoms with E-state index in [-0.39, 0.29) is 23.1 Å². The molecule has 0 aliphatic heterocycles. The lowest BCUT2D eigenvalue weighted by Gasteiger charge is -2.23. The summed E-state index contributed by atoms with van der Waals surface area (Å²) in [4.78, 5) is 13.5. The molecule has 1 atom stereocenters. The van der Waals surface area contributed by atoms with Gasteiger partial charge in [-0.15, -0.1) is 0 Å². The van der Waals surface area contributed by atoms with Crippen LogP contribution in [0.4, 0.5) is 0 Å². The van der Waals surface area contributed by atoms with E-state index in [9.17, 15) is 4.79 Å². The van der Waals surface area contributed by atoms with Crippen molar-refractivity contribution in [1.82, 2.24) is 4.90 Å². The first-order valence-electron chi connectivity index (χ1n) is 5.88. The Hall–Kier alpha value is -1.26. The molecule has 1 amide bonds. The van der Waals surface area contributed by atoms with Crippen LogP contribution in [0.1, 0.15) is 40.5 Å². The van der Waals surface area contributed by atoms with Crippen molar-refractivity contribution in [2.75, 3.05) is 13.6 Å². The third-order valence-corrected chi connectivity index (χ3v) is 2.68. The number of rotatable bonds is 5. The molecule has 0 bridgehead atoms. The van der Waals surface area contributed by atoms with Crippen molar-refractivity contribution in [3.05, 3.63) is 0 Å². The van der Waals surface area contributed by atoms with Crippen molar-refractivity contribution < 1.29 is 10.0 Å². The minimum Gasteiger partial charge on any atom is -0.409 e. The van der Waals surface area contributed by atoms with Crippen LogP contribution in [0.3, 0.4) is 0 Å². The van der Waals surface area contributed by atoms with E-state index in [4.69, 9.17) is 10.9 Å². The fraction of sp³-hybridized carbons (Fsp3) is 0.833. The minimum atomic E-state index is -0.136. The molecule has 0 heterocycles. The molecule has 0 aromatic heterocycles. The Bertz CT molecular complexity index is 282. The molecule has 0 spiro atoms. The highest BCUT2D eigenvalue weighted by Gasteiger charge is 2.18. The Morgan fingerprint density at radius 3 is 2.41 bits per heavy atom. The van der Waals surface area contributed by atoms with Crippen LogP contribution in [0, 0.1) is 11.3 Å². The van der Waals surface area contributed by atoms with Crippen LogP contribution in [-0.2, 0) is 4.79 Å². The third kappa shape index (κ3) is 6.81. The molecule has 0 rings (SSSR count). The molecule has 3 N–H and O–H groups in total. The molecular formula is C12H25N3O2. The quantitative estimate of drug-likeness (QED) is 0.333. The van der Waals surface area contributed by atoms with Gasteiger partial charge in [-0.25, -0.2) is 0 Å². The largest absolute Gasteiger partial charge is 0.409 e. The van der Waals surface area contributed by atoms with Gasteiger partial charge in [0.15, 0.2) is 0 Å². The first kappa shape index (κ1) is 15.7. The smallest absolute Gasteiger partial charge is 0.222 e. The van der Waals surface area contributed by atoms with Crippen LogP contribution in [-0.4, -0.2) is 35.4 Å². The number of hydrogen-bond acceptors (Lipinski definition) is 3. The lowest BCUT2D eigenvalue weighted by molar-refractivity contribution is -0.130. The number of carbonyl (C=O) groups excluding carboxylic acids is 1. The van der Waals surface area contributed by atoms with E-state index in [1.54, 1.807) is 11.9 Å². The summed E-state index contributed by atoms with van der Waals surface area (Å²) < 4.78 is 0. The topological polar surface area (TPSA) is 78.9 Å². The highest BCUT2D eigenvalue weighted by molar-refractivity contribution is 5.83. The lowest BCUT2D eigenvalue weighted by atomic mass is 9.90. The van der Waals surface area contributed by atoms with Gasteiger partial charge < -0.3 is 15.8 Å².